The van der Waals surface area contributed by atoms with Gasteiger partial charge in [-0.25, -0.2) is 0 Å². The molecule has 0 aliphatic carbocycles. The number of ether oxygens (including phenoxy) is 1. The van der Waals surface area contributed by atoms with Crippen molar-refractivity contribution in [3.05, 3.63) is 51.9 Å². The second kappa shape index (κ2) is 8.57. The molecule has 0 fully saturated rings. The van der Waals surface area contributed by atoms with Crippen LogP contribution in [0.4, 0.5) is 5.00 Å². The van der Waals surface area contributed by atoms with E-state index in [1.165, 1.54) is 16.2 Å². The van der Waals surface area contributed by atoms with Crippen molar-refractivity contribution in [2.75, 3.05) is 45.3 Å². The third kappa shape index (κ3) is 3.85. The number of carbonyl (C=O) groups is 3. The van der Waals surface area contributed by atoms with Gasteiger partial charge in [0, 0.05) is 25.6 Å². The Morgan fingerprint density at radius 1 is 1.17 bits per heavy atom. The van der Waals surface area contributed by atoms with Gasteiger partial charge in [0.2, 0.25) is 11.8 Å². The van der Waals surface area contributed by atoms with Gasteiger partial charge in [0.05, 0.1) is 31.7 Å². The molecule has 0 spiro atoms. The molecule has 2 aliphatic rings. The summed E-state index contributed by atoms with van der Waals surface area (Å²) < 4.78 is 5.17. The molecule has 30 heavy (non-hydrogen) atoms. The van der Waals surface area contributed by atoms with Gasteiger partial charge in [-0.2, -0.15) is 0 Å². The first kappa shape index (κ1) is 20.6. The summed E-state index contributed by atoms with van der Waals surface area (Å²) in [5.41, 5.74) is 2.59. The lowest BCUT2D eigenvalue weighted by Gasteiger charge is -2.27. The van der Waals surface area contributed by atoms with Gasteiger partial charge < -0.3 is 14.5 Å². The van der Waals surface area contributed by atoms with Crippen molar-refractivity contribution in [3.8, 4) is 0 Å². The fourth-order valence-corrected chi connectivity index (χ4v) is 5.36. The maximum Gasteiger partial charge on any atom is 0.257 e. The zero-order valence-electron chi connectivity index (χ0n) is 17.2. The minimum absolute atomic E-state index is 0.0560. The number of fused-ring (bicyclic) bond motifs is 3. The quantitative estimate of drug-likeness (QED) is 0.731. The number of likely N-dealkylation sites (N-methyl/N-ethyl adjacent to an activating group) is 1. The van der Waals surface area contributed by atoms with Gasteiger partial charge in [-0.05, 0) is 17.5 Å². The second-order valence-corrected chi connectivity index (χ2v) is 8.69. The first-order chi connectivity index (χ1) is 14.5. The van der Waals surface area contributed by atoms with E-state index in [1.807, 2.05) is 35.2 Å². The molecule has 2 aromatic rings. The monoisotopic (exact) mass is 427 g/mol. The minimum atomic E-state index is -0.125. The molecular weight excluding hydrogens is 402 g/mol. The highest BCUT2D eigenvalue weighted by atomic mass is 32.1. The Balaban J connectivity index is 1.62. The molecule has 0 radical (unpaired) electrons. The largest absolute Gasteiger partial charge is 0.383 e. The van der Waals surface area contributed by atoms with Gasteiger partial charge in [0.25, 0.3) is 5.91 Å². The van der Waals surface area contributed by atoms with E-state index in [9.17, 15) is 14.4 Å². The van der Waals surface area contributed by atoms with Crippen molar-refractivity contribution >= 4 is 34.1 Å². The summed E-state index contributed by atoms with van der Waals surface area (Å²) >= 11 is 1.45. The van der Waals surface area contributed by atoms with Gasteiger partial charge >= 0.3 is 0 Å². The third-order valence-electron chi connectivity index (χ3n) is 5.59. The molecule has 0 atom stereocenters. The standard InChI is InChI=1S/C22H25N3O4S/c1-23-14-19(27)25(10-11-29-2)22-20(21(23)28)16-8-9-24(13-17(16)30-22)18(26)12-15-6-4-3-5-7-15/h3-7H,8-14H2,1-2H3. The van der Waals surface area contributed by atoms with Crippen molar-refractivity contribution in [1.82, 2.24) is 9.80 Å². The zero-order chi connectivity index (χ0) is 21.3. The predicted molar refractivity (Wildman–Crippen MR) is 115 cm³/mol. The number of benzene rings is 1. The molecule has 8 heteroatoms. The normalized spacial score (nSPS) is 16.4. The lowest BCUT2D eigenvalue weighted by molar-refractivity contribution is -0.131. The van der Waals surface area contributed by atoms with Crippen LogP contribution < -0.4 is 4.90 Å². The van der Waals surface area contributed by atoms with Crippen LogP contribution in [0.15, 0.2) is 30.3 Å². The molecule has 0 N–H and O–H groups in total. The van der Waals surface area contributed by atoms with Crippen molar-refractivity contribution < 1.29 is 19.1 Å². The summed E-state index contributed by atoms with van der Waals surface area (Å²) in [7, 11) is 3.25. The highest BCUT2D eigenvalue weighted by molar-refractivity contribution is 7.17. The molecule has 1 aromatic heterocycles. The Morgan fingerprint density at radius 2 is 1.93 bits per heavy atom. The van der Waals surface area contributed by atoms with E-state index in [-0.39, 0.29) is 24.3 Å². The molecular formula is C22H25N3O4S. The molecule has 0 bridgehead atoms. The van der Waals surface area contributed by atoms with Gasteiger partial charge in [-0.15, -0.1) is 11.3 Å². The van der Waals surface area contributed by atoms with Gasteiger partial charge in [0.1, 0.15) is 11.5 Å². The average Bonchev–Trinajstić information content (AvgIpc) is 3.08. The molecule has 0 unspecified atom stereocenters. The fraction of sp³-hybridized carbons (Fsp3) is 0.409. The SMILES string of the molecule is COCCN1C(=O)CN(C)C(=O)c2c1sc1c2CCN(C(=O)Cc2ccccc2)C1. The van der Waals surface area contributed by atoms with Crippen LogP contribution in [0.1, 0.15) is 26.4 Å². The molecule has 3 amide bonds. The molecule has 158 valence electrons. The topological polar surface area (TPSA) is 70.2 Å². The maximum atomic E-state index is 13.0. The molecule has 2 aliphatic heterocycles. The van der Waals surface area contributed by atoms with E-state index in [0.717, 1.165) is 16.0 Å². The maximum absolute atomic E-state index is 13.0. The lowest BCUT2D eigenvalue weighted by atomic mass is 10.0. The number of carbonyl (C=O) groups excluding carboxylic acids is 3. The molecule has 1 aromatic carbocycles. The highest BCUT2D eigenvalue weighted by Crippen LogP contribution is 2.41. The van der Waals surface area contributed by atoms with E-state index >= 15 is 0 Å². The molecule has 0 saturated heterocycles. The summed E-state index contributed by atoms with van der Waals surface area (Å²) in [4.78, 5) is 44.6. The van der Waals surface area contributed by atoms with Crippen LogP contribution in [0.2, 0.25) is 0 Å². The number of anilines is 1. The number of nitrogens with zero attached hydrogens (tertiary/aromatic N) is 3. The summed E-state index contributed by atoms with van der Waals surface area (Å²) in [6.45, 7) is 1.90. The average molecular weight is 428 g/mol. The van der Waals surface area contributed by atoms with Crippen LogP contribution in [0.3, 0.4) is 0 Å². The molecule has 0 saturated carbocycles. The van der Waals surface area contributed by atoms with Gasteiger partial charge in [-0.1, -0.05) is 30.3 Å². The van der Waals surface area contributed by atoms with E-state index in [0.29, 0.717) is 49.6 Å². The Labute approximate surface area is 179 Å². The molecule has 7 nitrogen and oxygen atoms in total. The van der Waals surface area contributed by atoms with E-state index in [4.69, 9.17) is 4.74 Å². The minimum Gasteiger partial charge on any atom is -0.383 e. The fourth-order valence-electron chi connectivity index (χ4n) is 3.97. The van der Waals surface area contributed by atoms with Crippen LogP contribution in [0.5, 0.6) is 0 Å². The van der Waals surface area contributed by atoms with E-state index < -0.39 is 0 Å². The summed E-state index contributed by atoms with van der Waals surface area (Å²) in [5.74, 6) is -0.164. The van der Waals surface area contributed by atoms with Crippen molar-refractivity contribution in [2.45, 2.75) is 19.4 Å². The number of methoxy groups -OCH3 is 1. The number of hydrogen-bond donors (Lipinski definition) is 0. The van der Waals surface area contributed by atoms with Crippen LogP contribution in [0, 0.1) is 0 Å². The van der Waals surface area contributed by atoms with Crippen LogP contribution >= 0.6 is 11.3 Å². The number of thiophene rings is 1. The number of hydrogen-bond acceptors (Lipinski definition) is 5. The van der Waals surface area contributed by atoms with Crippen LogP contribution in [0.25, 0.3) is 0 Å². The summed E-state index contributed by atoms with van der Waals surface area (Å²) in [5, 5.41) is 0.689. The Morgan fingerprint density at radius 3 is 2.67 bits per heavy atom. The van der Waals surface area contributed by atoms with Gasteiger partial charge in [-0.3, -0.25) is 19.3 Å². The van der Waals surface area contributed by atoms with Crippen LogP contribution in [-0.4, -0.2) is 67.9 Å². The Kier molecular flexibility index (Phi) is 5.87. The third-order valence-corrected chi connectivity index (χ3v) is 6.83. The van der Waals surface area contributed by atoms with E-state index in [2.05, 4.69) is 0 Å². The first-order valence-electron chi connectivity index (χ1n) is 10.0. The van der Waals surface area contributed by atoms with Gasteiger partial charge in [0.15, 0.2) is 0 Å². The molecule has 3 heterocycles. The molecule has 4 rings (SSSR count). The summed E-state index contributed by atoms with van der Waals surface area (Å²) in [6.07, 6.45) is 0.981. The van der Waals surface area contributed by atoms with Crippen molar-refractivity contribution in [3.63, 3.8) is 0 Å². The first-order valence-corrected chi connectivity index (χ1v) is 10.8. The van der Waals surface area contributed by atoms with E-state index in [1.54, 1.807) is 19.1 Å². The van der Waals surface area contributed by atoms with Crippen molar-refractivity contribution in [1.29, 1.82) is 0 Å². The predicted octanol–water partition coefficient (Wildman–Crippen LogP) is 1.94. The Hall–Kier alpha value is -2.71. The van der Waals surface area contributed by atoms with Crippen LogP contribution in [-0.2, 0) is 33.7 Å². The Bertz CT molecular complexity index is 972. The number of amides is 3. The highest BCUT2D eigenvalue weighted by Gasteiger charge is 2.37. The summed E-state index contributed by atoms with van der Waals surface area (Å²) in [6, 6.07) is 9.70. The second-order valence-electron chi connectivity index (χ2n) is 7.61. The smallest absolute Gasteiger partial charge is 0.257 e. The van der Waals surface area contributed by atoms with Crippen molar-refractivity contribution in [2.24, 2.45) is 0 Å². The zero-order valence-corrected chi connectivity index (χ0v) is 18.0. The number of rotatable bonds is 5. The lowest BCUT2D eigenvalue weighted by Crippen LogP contribution is -2.39.